The second-order valence-corrected chi connectivity index (χ2v) is 5.05. The van der Waals surface area contributed by atoms with E-state index < -0.39 is 0 Å². The minimum atomic E-state index is -0.0731. The molecule has 1 saturated carbocycles. The lowest BCUT2D eigenvalue weighted by atomic mass is 10.2. The zero-order valence-corrected chi connectivity index (χ0v) is 10.8. The van der Waals surface area contributed by atoms with Gasteiger partial charge in [-0.1, -0.05) is 13.3 Å². The Morgan fingerprint density at radius 3 is 3.19 bits per heavy atom. The first-order valence-corrected chi connectivity index (χ1v) is 6.43. The van der Waals surface area contributed by atoms with Crippen molar-refractivity contribution in [2.45, 2.75) is 32.2 Å². The van der Waals surface area contributed by atoms with Gasteiger partial charge < -0.3 is 5.32 Å². The largest absolute Gasteiger partial charge is 0.348 e. The maximum Gasteiger partial charge on any atom is 0.271 e. The van der Waals surface area contributed by atoms with E-state index in [1.54, 1.807) is 12.3 Å². The molecule has 1 aromatic rings. The quantitative estimate of drug-likeness (QED) is 0.923. The van der Waals surface area contributed by atoms with Crippen molar-refractivity contribution in [3.8, 4) is 0 Å². The number of carbonyl (C=O) groups is 1. The summed E-state index contributed by atoms with van der Waals surface area (Å²) in [6.45, 7) is 2.17. The zero-order chi connectivity index (χ0) is 11.5. The molecule has 86 valence electrons. The molecule has 1 aromatic heterocycles. The molecule has 1 aliphatic carbocycles. The van der Waals surface area contributed by atoms with E-state index >= 15 is 0 Å². The topological polar surface area (TPSA) is 42.0 Å². The summed E-state index contributed by atoms with van der Waals surface area (Å²) in [4.78, 5) is 15.9. The van der Waals surface area contributed by atoms with Crippen molar-refractivity contribution in [3.05, 3.63) is 28.5 Å². The van der Waals surface area contributed by atoms with Crippen LogP contribution >= 0.6 is 15.9 Å². The van der Waals surface area contributed by atoms with Crippen molar-refractivity contribution in [1.29, 1.82) is 0 Å². The van der Waals surface area contributed by atoms with Crippen molar-refractivity contribution in [2.75, 3.05) is 0 Å². The molecule has 0 bridgehead atoms. The second kappa shape index (κ2) is 4.95. The first-order chi connectivity index (χ1) is 7.72. The van der Waals surface area contributed by atoms with Crippen LogP contribution in [0.3, 0.4) is 0 Å². The third-order valence-corrected chi connectivity index (χ3v) is 3.51. The summed E-state index contributed by atoms with van der Waals surface area (Å²) in [5.41, 5.74) is 0.477. The van der Waals surface area contributed by atoms with Gasteiger partial charge in [0, 0.05) is 16.7 Å². The van der Waals surface area contributed by atoms with Gasteiger partial charge in [-0.05, 0) is 46.8 Å². The van der Waals surface area contributed by atoms with E-state index in [-0.39, 0.29) is 5.91 Å². The van der Waals surface area contributed by atoms with Crippen molar-refractivity contribution >= 4 is 21.8 Å². The van der Waals surface area contributed by atoms with E-state index in [1.807, 2.05) is 6.07 Å². The summed E-state index contributed by atoms with van der Waals surface area (Å²) in [6, 6.07) is 4.00. The van der Waals surface area contributed by atoms with Crippen LogP contribution in [0.5, 0.6) is 0 Å². The number of carbonyl (C=O) groups excluding carboxylic acids is 1. The molecule has 1 N–H and O–H groups in total. The van der Waals surface area contributed by atoms with E-state index in [0.717, 1.165) is 10.9 Å². The molecule has 1 amide bonds. The predicted molar refractivity (Wildman–Crippen MR) is 66.2 cm³/mol. The maximum absolute atomic E-state index is 11.9. The Morgan fingerprint density at radius 2 is 2.50 bits per heavy atom. The normalized spacial score (nSPS) is 22.9. The van der Waals surface area contributed by atoms with Crippen LogP contribution < -0.4 is 5.32 Å². The van der Waals surface area contributed by atoms with Crippen molar-refractivity contribution < 1.29 is 4.79 Å². The van der Waals surface area contributed by atoms with Crippen LogP contribution in [0, 0.1) is 5.92 Å². The number of nitrogens with zero attached hydrogens (tertiary/aromatic N) is 1. The van der Waals surface area contributed by atoms with E-state index in [1.165, 1.54) is 12.8 Å². The van der Waals surface area contributed by atoms with Crippen LogP contribution in [-0.4, -0.2) is 16.9 Å². The molecule has 0 aliphatic heterocycles. The highest BCUT2D eigenvalue weighted by Gasteiger charge is 2.37. The van der Waals surface area contributed by atoms with E-state index in [9.17, 15) is 4.79 Å². The van der Waals surface area contributed by atoms with Crippen molar-refractivity contribution in [3.63, 3.8) is 0 Å². The van der Waals surface area contributed by atoms with Crippen molar-refractivity contribution in [2.24, 2.45) is 5.92 Å². The fraction of sp³-hybridized carbons (Fsp3) is 0.500. The Kier molecular flexibility index (Phi) is 3.59. The zero-order valence-electron chi connectivity index (χ0n) is 9.24. The minimum Gasteiger partial charge on any atom is -0.348 e. The Balaban J connectivity index is 1.92. The van der Waals surface area contributed by atoms with E-state index in [2.05, 4.69) is 33.2 Å². The van der Waals surface area contributed by atoms with Gasteiger partial charge in [-0.2, -0.15) is 0 Å². The number of hydrogen-bond acceptors (Lipinski definition) is 2. The average molecular weight is 283 g/mol. The van der Waals surface area contributed by atoms with Gasteiger partial charge in [0.05, 0.1) is 0 Å². The fourth-order valence-corrected chi connectivity index (χ4v) is 2.34. The summed E-state index contributed by atoms with van der Waals surface area (Å²) >= 11 is 3.33. The van der Waals surface area contributed by atoms with Gasteiger partial charge in [0.25, 0.3) is 5.91 Å². The van der Waals surface area contributed by atoms with Crippen LogP contribution in [0.2, 0.25) is 0 Å². The molecule has 0 saturated heterocycles. The molecule has 1 fully saturated rings. The predicted octanol–water partition coefficient (Wildman–Crippen LogP) is 2.76. The SMILES string of the molecule is CCCC1CC1NC(=O)c1ncccc1Br. The Labute approximate surface area is 104 Å². The minimum absolute atomic E-state index is 0.0731. The Morgan fingerprint density at radius 1 is 1.69 bits per heavy atom. The number of halogens is 1. The van der Waals surface area contributed by atoms with Gasteiger partial charge in [-0.3, -0.25) is 4.79 Å². The first-order valence-electron chi connectivity index (χ1n) is 5.63. The fourth-order valence-electron chi connectivity index (χ4n) is 1.90. The van der Waals surface area contributed by atoms with Gasteiger partial charge in [0.1, 0.15) is 5.69 Å². The summed E-state index contributed by atoms with van der Waals surface area (Å²) in [7, 11) is 0. The number of aromatic nitrogens is 1. The molecule has 4 heteroatoms. The molecule has 1 heterocycles. The lowest BCUT2D eigenvalue weighted by molar-refractivity contribution is 0.0943. The number of hydrogen-bond donors (Lipinski definition) is 1. The van der Waals surface area contributed by atoms with E-state index in [0.29, 0.717) is 17.7 Å². The molecule has 2 rings (SSSR count). The molecule has 2 unspecified atom stereocenters. The van der Waals surface area contributed by atoms with Crippen LogP contribution in [0.1, 0.15) is 36.7 Å². The molecular formula is C12H15BrN2O. The highest BCUT2D eigenvalue weighted by Crippen LogP contribution is 2.34. The average Bonchev–Trinajstić information content (AvgIpc) is 2.97. The third-order valence-electron chi connectivity index (χ3n) is 2.87. The number of amides is 1. The van der Waals surface area contributed by atoms with Gasteiger partial charge in [-0.25, -0.2) is 4.98 Å². The summed E-state index contributed by atoms with van der Waals surface area (Å²) in [6.07, 6.45) is 5.14. The highest BCUT2D eigenvalue weighted by atomic mass is 79.9. The summed E-state index contributed by atoms with van der Waals surface area (Å²) in [5, 5.41) is 3.01. The maximum atomic E-state index is 11.9. The molecule has 2 atom stereocenters. The van der Waals surface area contributed by atoms with Gasteiger partial charge in [0.15, 0.2) is 0 Å². The highest BCUT2D eigenvalue weighted by molar-refractivity contribution is 9.10. The Hall–Kier alpha value is -0.900. The van der Waals surface area contributed by atoms with Crippen LogP contribution in [0.25, 0.3) is 0 Å². The number of nitrogens with one attached hydrogen (secondary N) is 1. The van der Waals surface area contributed by atoms with Crippen LogP contribution in [0.15, 0.2) is 22.8 Å². The van der Waals surface area contributed by atoms with Gasteiger partial charge in [0.2, 0.25) is 0 Å². The third kappa shape index (κ3) is 2.61. The second-order valence-electron chi connectivity index (χ2n) is 4.20. The number of pyridine rings is 1. The van der Waals surface area contributed by atoms with Crippen LogP contribution in [0.4, 0.5) is 0 Å². The lowest BCUT2D eigenvalue weighted by Gasteiger charge is -2.05. The molecule has 1 aliphatic rings. The monoisotopic (exact) mass is 282 g/mol. The molecule has 3 nitrogen and oxygen atoms in total. The molecule has 16 heavy (non-hydrogen) atoms. The summed E-state index contributed by atoms with van der Waals surface area (Å²) < 4.78 is 0.750. The smallest absolute Gasteiger partial charge is 0.271 e. The van der Waals surface area contributed by atoms with E-state index in [4.69, 9.17) is 0 Å². The number of rotatable bonds is 4. The molecule has 0 spiro atoms. The summed E-state index contributed by atoms with van der Waals surface area (Å²) in [5.74, 6) is 0.604. The standard InChI is InChI=1S/C12H15BrN2O/c1-2-4-8-7-10(8)15-12(16)11-9(13)5-3-6-14-11/h3,5-6,8,10H,2,4,7H2,1H3,(H,15,16). The molecule has 0 aromatic carbocycles. The van der Waals surface area contributed by atoms with Crippen molar-refractivity contribution in [1.82, 2.24) is 10.3 Å². The van der Waals surface area contributed by atoms with Gasteiger partial charge in [-0.15, -0.1) is 0 Å². The van der Waals surface area contributed by atoms with Crippen LogP contribution in [-0.2, 0) is 0 Å². The molecule has 0 radical (unpaired) electrons. The first kappa shape index (κ1) is 11.6. The lowest BCUT2D eigenvalue weighted by Crippen LogP contribution is -2.27. The Bertz CT molecular complexity index is 394. The van der Waals surface area contributed by atoms with Gasteiger partial charge >= 0.3 is 0 Å². The molecular weight excluding hydrogens is 268 g/mol.